The van der Waals surface area contributed by atoms with Crippen molar-refractivity contribution in [1.29, 1.82) is 10.5 Å². The van der Waals surface area contributed by atoms with Crippen LogP contribution in [0.1, 0.15) is 33.4 Å². The smallest absolute Gasteiger partial charge is 0.101 e. The molecule has 3 heteroatoms. The lowest BCUT2D eigenvalue weighted by Gasteiger charge is -2.27. The van der Waals surface area contributed by atoms with E-state index in [1.54, 1.807) is 0 Å². The van der Waals surface area contributed by atoms with E-state index in [1.165, 1.54) is 16.3 Å². The Kier molecular flexibility index (Phi) is 7.07. The molecule has 0 saturated carbocycles. The predicted octanol–water partition coefficient (Wildman–Crippen LogP) is 11.1. The highest BCUT2D eigenvalue weighted by atomic mass is 15.1. The number of rotatable bonds is 5. The van der Waals surface area contributed by atoms with Gasteiger partial charge in [0.1, 0.15) is 12.1 Å². The van der Waals surface area contributed by atoms with Gasteiger partial charge in [-0.2, -0.15) is 10.5 Å². The highest BCUT2D eigenvalue weighted by Crippen LogP contribution is 2.39. The molecule has 7 aromatic carbocycles. The van der Waals surface area contributed by atoms with Crippen LogP contribution in [0.25, 0.3) is 44.5 Å². The first-order chi connectivity index (χ1) is 22.0. The number of benzene rings is 7. The minimum atomic E-state index is 0.430. The Morgan fingerprint density at radius 3 is 1.76 bits per heavy atom. The van der Waals surface area contributed by atoms with E-state index in [-0.39, 0.29) is 0 Å². The van der Waals surface area contributed by atoms with Gasteiger partial charge in [0.15, 0.2) is 0 Å². The Labute approximate surface area is 263 Å². The molecular formula is C42H29N3. The van der Waals surface area contributed by atoms with Gasteiger partial charge in [-0.3, -0.25) is 0 Å². The minimum Gasteiger partial charge on any atom is -0.310 e. The molecule has 7 rings (SSSR count). The molecule has 212 valence electrons. The van der Waals surface area contributed by atoms with E-state index in [9.17, 15) is 10.5 Å². The fourth-order valence-electron chi connectivity index (χ4n) is 6.16. The van der Waals surface area contributed by atoms with Crippen molar-refractivity contribution in [3.8, 4) is 12.1 Å². The fraction of sp³-hybridized carbons (Fsp3) is 0.0476. The number of fused-ring (bicyclic) bond motifs is 4. The van der Waals surface area contributed by atoms with Crippen molar-refractivity contribution < 1.29 is 0 Å². The van der Waals surface area contributed by atoms with Gasteiger partial charge in [0.25, 0.3) is 0 Å². The topological polar surface area (TPSA) is 50.8 Å². The zero-order valence-electron chi connectivity index (χ0n) is 25.1. The van der Waals surface area contributed by atoms with Crippen LogP contribution >= 0.6 is 0 Å². The highest BCUT2D eigenvalue weighted by molar-refractivity contribution is 6.13. The van der Waals surface area contributed by atoms with Crippen LogP contribution in [-0.2, 0) is 0 Å². The molecule has 0 saturated heterocycles. The number of aryl methyl sites for hydroxylation is 2. The first-order valence-corrected chi connectivity index (χ1v) is 15.0. The van der Waals surface area contributed by atoms with Crippen LogP contribution in [0.15, 0.2) is 127 Å². The zero-order chi connectivity index (χ0) is 30.9. The molecule has 0 spiro atoms. The van der Waals surface area contributed by atoms with Gasteiger partial charge in [-0.1, -0.05) is 114 Å². The molecule has 7 aromatic rings. The van der Waals surface area contributed by atoms with Crippen molar-refractivity contribution in [1.82, 2.24) is 0 Å². The molecule has 0 aromatic heterocycles. The monoisotopic (exact) mass is 575 g/mol. The largest absolute Gasteiger partial charge is 0.310 e. The van der Waals surface area contributed by atoms with Gasteiger partial charge in [0, 0.05) is 27.5 Å². The summed E-state index contributed by atoms with van der Waals surface area (Å²) in [6.07, 6.45) is 4.21. The summed E-state index contributed by atoms with van der Waals surface area (Å²) < 4.78 is 0. The number of anilines is 3. The number of nitrogens with zero attached hydrogens (tertiary/aromatic N) is 3. The van der Waals surface area contributed by atoms with Crippen LogP contribution < -0.4 is 4.90 Å². The maximum atomic E-state index is 9.94. The Morgan fingerprint density at radius 1 is 0.489 bits per heavy atom. The number of hydrogen-bond donors (Lipinski definition) is 0. The standard InChI is InChI=1S/C42H29N3/c1-28-10-18-33(19-11-28)45(42-9-5-7-32-6-3-4-8-35(32)42)34-20-15-30(16-21-34)13-14-31-17-23-37-39(25-31)38-24-29(2)12-22-36(38)40(26-43)41(37)27-44/h3-25H,1-2H3. The molecule has 0 unspecified atom stereocenters. The Balaban J connectivity index is 1.27. The summed E-state index contributed by atoms with van der Waals surface area (Å²) in [7, 11) is 0. The lowest BCUT2D eigenvalue weighted by atomic mass is 9.91. The van der Waals surface area contributed by atoms with Gasteiger partial charge in [-0.25, -0.2) is 0 Å². The molecular weight excluding hydrogens is 546 g/mol. The Morgan fingerprint density at radius 2 is 1.04 bits per heavy atom. The lowest BCUT2D eigenvalue weighted by Crippen LogP contribution is -2.10. The first kappa shape index (κ1) is 27.7. The number of nitriles is 2. The molecule has 0 bridgehead atoms. The summed E-state index contributed by atoms with van der Waals surface area (Å²) in [6.45, 7) is 4.15. The SMILES string of the molecule is Cc1ccc(N(c2ccc(C=Cc3ccc4c(C#N)c(C#N)c5ccc(C)cc5c4c3)cc2)c2cccc3ccccc23)cc1. The molecule has 3 nitrogen and oxygen atoms in total. The van der Waals surface area contributed by atoms with E-state index in [1.807, 2.05) is 31.2 Å². The molecule has 0 heterocycles. The third-order valence-corrected chi connectivity index (χ3v) is 8.44. The van der Waals surface area contributed by atoms with Crippen molar-refractivity contribution in [2.75, 3.05) is 4.90 Å². The second-order valence-corrected chi connectivity index (χ2v) is 11.4. The molecule has 0 fully saturated rings. The van der Waals surface area contributed by atoms with Crippen LogP contribution in [0.3, 0.4) is 0 Å². The summed E-state index contributed by atoms with van der Waals surface area (Å²) in [6, 6.07) is 48.9. The van der Waals surface area contributed by atoms with Crippen molar-refractivity contribution in [2.24, 2.45) is 0 Å². The van der Waals surface area contributed by atoms with Gasteiger partial charge >= 0.3 is 0 Å². The van der Waals surface area contributed by atoms with Crippen LogP contribution in [0.5, 0.6) is 0 Å². The van der Waals surface area contributed by atoms with Crippen molar-refractivity contribution in [3.63, 3.8) is 0 Å². The van der Waals surface area contributed by atoms with E-state index in [0.717, 1.165) is 55.3 Å². The Bertz CT molecular complexity index is 2340. The molecule has 0 aliphatic heterocycles. The molecule has 0 amide bonds. The van der Waals surface area contributed by atoms with Crippen LogP contribution in [0, 0.1) is 36.5 Å². The number of hydrogen-bond acceptors (Lipinski definition) is 3. The summed E-state index contributed by atoms with van der Waals surface area (Å²) in [5, 5.41) is 25.8. The van der Waals surface area contributed by atoms with Crippen molar-refractivity contribution in [3.05, 3.63) is 161 Å². The molecule has 0 radical (unpaired) electrons. The van der Waals surface area contributed by atoms with E-state index < -0.39 is 0 Å². The van der Waals surface area contributed by atoms with Gasteiger partial charge < -0.3 is 4.90 Å². The maximum Gasteiger partial charge on any atom is 0.101 e. The van der Waals surface area contributed by atoms with E-state index in [4.69, 9.17) is 0 Å². The predicted molar refractivity (Wildman–Crippen MR) is 188 cm³/mol. The summed E-state index contributed by atoms with van der Waals surface area (Å²) >= 11 is 0. The van der Waals surface area contributed by atoms with E-state index >= 15 is 0 Å². The summed E-state index contributed by atoms with van der Waals surface area (Å²) in [4.78, 5) is 2.31. The summed E-state index contributed by atoms with van der Waals surface area (Å²) in [5.41, 5.74) is 8.64. The molecule has 45 heavy (non-hydrogen) atoms. The maximum absolute atomic E-state index is 9.94. The summed E-state index contributed by atoms with van der Waals surface area (Å²) in [5.74, 6) is 0. The van der Waals surface area contributed by atoms with E-state index in [2.05, 4.69) is 139 Å². The van der Waals surface area contributed by atoms with Gasteiger partial charge in [0.05, 0.1) is 16.8 Å². The average molecular weight is 576 g/mol. The molecule has 0 aliphatic rings. The van der Waals surface area contributed by atoms with Crippen LogP contribution in [-0.4, -0.2) is 0 Å². The zero-order valence-corrected chi connectivity index (χ0v) is 25.1. The van der Waals surface area contributed by atoms with Crippen molar-refractivity contribution in [2.45, 2.75) is 13.8 Å². The second-order valence-electron chi connectivity index (χ2n) is 11.4. The quantitative estimate of drug-likeness (QED) is 0.151. The third kappa shape index (κ3) is 5.08. The minimum absolute atomic E-state index is 0.430. The molecule has 0 aliphatic carbocycles. The van der Waals surface area contributed by atoms with E-state index in [0.29, 0.717) is 11.1 Å². The molecule has 0 N–H and O–H groups in total. The first-order valence-electron chi connectivity index (χ1n) is 15.0. The van der Waals surface area contributed by atoms with Crippen molar-refractivity contribution >= 4 is 61.5 Å². The normalized spacial score (nSPS) is 11.2. The third-order valence-electron chi connectivity index (χ3n) is 8.44. The van der Waals surface area contributed by atoms with Gasteiger partial charge in [0.2, 0.25) is 0 Å². The average Bonchev–Trinajstić information content (AvgIpc) is 3.08. The van der Waals surface area contributed by atoms with Gasteiger partial charge in [-0.15, -0.1) is 0 Å². The highest BCUT2D eigenvalue weighted by Gasteiger charge is 2.16. The lowest BCUT2D eigenvalue weighted by molar-refractivity contribution is 1.29. The molecule has 0 atom stereocenters. The fourth-order valence-corrected chi connectivity index (χ4v) is 6.16. The van der Waals surface area contributed by atoms with Crippen LogP contribution in [0.2, 0.25) is 0 Å². The second kappa shape index (κ2) is 11.5. The van der Waals surface area contributed by atoms with Crippen LogP contribution in [0.4, 0.5) is 17.1 Å². The Hall–Kier alpha value is -6.16. The van der Waals surface area contributed by atoms with Gasteiger partial charge in [-0.05, 0) is 77.5 Å².